The predicted octanol–water partition coefficient (Wildman–Crippen LogP) is 3.60. The molecule has 0 saturated carbocycles. The molecule has 1 fully saturated rings. The minimum absolute atomic E-state index is 0.198. The Hall–Kier alpha value is -1.97. The van der Waals surface area contributed by atoms with E-state index >= 15 is 0 Å². The number of likely N-dealkylation sites (tertiary alicyclic amines) is 1. The molecule has 0 bridgehead atoms. The molecule has 138 valence electrons. The van der Waals surface area contributed by atoms with Gasteiger partial charge in [-0.05, 0) is 55.5 Å². The van der Waals surface area contributed by atoms with Crippen molar-refractivity contribution in [2.75, 3.05) is 19.6 Å². The van der Waals surface area contributed by atoms with E-state index in [9.17, 15) is 4.79 Å². The average molecular weight is 351 g/mol. The Kier molecular flexibility index (Phi) is 6.98. The van der Waals surface area contributed by atoms with Crippen LogP contribution in [0.1, 0.15) is 36.0 Å². The molecule has 1 unspecified atom stereocenters. The van der Waals surface area contributed by atoms with Gasteiger partial charge in [0.25, 0.3) is 0 Å². The highest BCUT2D eigenvalue weighted by molar-refractivity contribution is 5.81. The van der Waals surface area contributed by atoms with E-state index in [1.54, 1.807) is 0 Å². The Labute approximate surface area is 157 Å². The number of aryl methyl sites for hydroxylation is 1. The van der Waals surface area contributed by atoms with Crippen molar-refractivity contribution in [3.05, 3.63) is 71.3 Å². The minimum atomic E-state index is 0.198. The number of piperidine rings is 1. The Morgan fingerprint density at radius 1 is 0.962 bits per heavy atom. The summed E-state index contributed by atoms with van der Waals surface area (Å²) in [5, 5.41) is 0. The van der Waals surface area contributed by atoms with E-state index in [2.05, 4.69) is 41.3 Å². The lowest BCUT2D eigenvalue weighted by molar-refractivity contribution is -0.124. The first-order valence-electron chi connectivity index (χ1n) is 9.81. The Bertz CT molecular complexity index is 681. The lowest BCUT2D eigenvalue weighted by atomic mass is 9.90. The van der Waals surface area contributed by atoms with Crippen LogP contribution in [0.15, 0.2) is 54.6 Å². The third-order valence-corrected chi connectivity index (χ3v) is 5.33. The van der Waals surface area contributed by atoms with Crippen molar-refractivity contribution >= 4 is 5.78 Å². The molecule has 1 saturated heterocycles. The number of nitrogens with two attached hydrogens (primary N) is 1. The van der Waals surface area contributed by atoms with Crippen LogP contribution in [-0.4, -0.2) is 30.3 Å². The van der Waals surface area contributed by atoms with E-state index in [0.717, 1.165) is 45.3 Å². The van der Waals surface area contributed by atoms with Crippen molar-refractivity contribution in [3.8, 4) is 0 Å². The molecular weight excluding hydrogens is 320 g/mol. The van der Waals surface area contributed by atoms with Gasteiger partial charge in [0.1, 0.15) is 5.78 Å². The zero-order chi connectivity index (χ0) is 18.2. The number of ketones is 1. The monoisotopic (exact) mass is 350 g/mol. The molecule has 3 rings (SSSR count). The van der Waals surface area contributed by atoms with Crippen LogP contribution < -0.4 is 5.73 Å². The number of hydrogen-bond donors (Lipinski definition) is 1. The van der Waals surface area contributed by atoms with Gasteiger partial charge in [-0.2, -0.15) is 0 Å². The lowest BCUT2D eigenvalue weighted by Gasteiger charge is -2.32. The molecule has 1 atom stereocenters. The normalized spacial score (nSPS) is 18.0. The van der Waals surface area contributed by atoms with Crippen LogP contribution in [-0.2, 0) is 24.2 Å². The van der Waals surface area contributed by atoms with Crippen molar-refractivity contribution < 1.29 is 4.79 Å². The first-order chi connectivity index (χ1) is 12.7. The summed E-state index contributed by atoms with van der Waals surface area (Å²) >= 11 is 0. The molecule has 0 aromatic heterocycles. The van der Waals surface area contributed by atoms with Gasteiger partial charge in [0.2, 0.25) is 0 Å². The summed E-state index contributed by atoms with van der Waals surface area (Å²) < 4.78 is 0. The molecule has 2 N–H and O–H groups in total. The molecule has 1 heterocycles. The molecule has 1 aliphatic rings. The summed E-state index contributed by atoms with van der Waals surface area (Å²) in [6.45, 7) is 3.62. The highest BCUT2D eigenvalue weighted by Gasteiger charge is 2.25. The summed E-state index contributed by atoms with van der Waals surface area (Å²) in [5.41, 5.74) is 9.49. The topological polar surface area (TPSA) is 46.3 Å². The number of carbonyl (C=O) groups excluding carboxylic acids is 1. The number of hydrogen-bond acceptors (Lipinski definition) is 3. The van der Waals surface area contributed by atoms with E-state index < -0.39 is 0 Å². The van der Waals surface area contributed by atoms with Crippen LogP contribution in [0.2, 0.25) is 0 Å². The molecule has 26 heavy (non-hydrogen) atoms. The largest absolute Gasteiger partial charge is 0.330 e. The van der Waals surface area contributed by atoms with Crippen LogP contribution in [0.5, 0.6) is 0 Å². The van der Waals surface area contributed by atoms with Gasteiger partial charge in [0.05, 0.1) is 0 Å². The molecule has 0 aliphatic carbocycles. The number of benzene rings is 2. The van der Waals surface area contributed by atoms with E-state index in [0.29, 0.717) is 18.7 Å². The van der Waals surface area contributed by atoms with E-state index in [4.69, 9.17) is 5.73 Å². The Morgan fingerprint density at radius 3 is 2.38 bits per heavy atom. The second kappa shape index (κ2) is 9.65. The molecule has 0 radical (unpaired) electrons. The van der Waals surface area contributed by atoms with E-state index in [1.807, 2.05) is 18.2 Å². The van der Waals surface area contributed by atoms with Crippen molar-refractivity contribution in [1.29, 1.82) is 0 Å². The third-order valence-electron chi connectivity index (χ3n) is 5.33. The highest BCUT2D eigenvalue weighted by Crippen LogP contribution is 2.21. The lowest BCUT2D eigenvalue weighted by Crippen LogP contribution is -2.38. The fourth-order valence-electron chi connectivity index (χ4n) is 3.81. The third kappa shape index (κ3) is 5.52. The molecule has 2 aromatic carbocycles. The number of Topliss-reactive ketones (excluding diaryl/α,β-unsaturated/α-hetero) is 1. The molecule has 2 aromatic rings. The second-order valence-corrected chi connectivity index (χ2v) is 7.38. The van der Waals surface area contributed by atoms with Crippen molar-refractivity contribution in [2.45, 2.75) is 38.6 Å². The van der Waals surface area contributed by atoms with Crippen molar-refractivity contribution in [3.63, 3.8) is 0 Å². The summed E-state index contributed by atoms with van der Waals surface area (Å²) in [6.07, 6.45) is 4.61. The van der Waals surface area contributed by atoms with Gasteiger partial charge in [0.15, 0.2) is 0 Å². The maximum atomic E-state index is 12.6. The van der Waals surface area contributed by atoms with Crippen LogP contribution in [0.25, 0.3) is 0 Å². The summed E-state index contributed by atoms with van der Waals surface area (Å²) in [6, 6.07) is 19.1. The minimum Gasteiger partial charge on any atom is -0.330 e. The zero-order valence-electron chi connectivity index (χ0n) is 15.6. The van der Waals surface area contributed by atoms with Crippen LogP contribution in [0, 0.1) is 5.92 Å². The van der Waals surface area contributed by atoms with Crippen LogP contribution >= 0.6 is 0 Å². The van der Waals surface area contributed by atoms with Crippen molar-refractivity contribution in [1.82, 2.24) is 4.90 Å². The SMILES string of the molecule is NCCc1ccc(CN2CCCC(C(=O)CCc3ccccc3)C2)cc1. The second-order valence-electron chi connectivity index (χ2n) is 7.38. The highest BCUT2D eigenvalue weighted by atomic mass is 16.1. The van der Waals surface area contributed by atoms with Gasteiger partial charge in [-0.25, -0.2) is 0 Å². The average Bonchev–Trinajstić information content (AvgIpc) is 2.69. The molecule has 1 aliphatic heterocycles. The van der Waals surface area contributed by atoms with Gasteiger partial charge < -0.3 is 5.73 Å². The fraction of sp³-hybridized carbons (Fsp3) is 0.435. The van der Waals surface area contributed by atoms with Crippen LogP contribution in [0.4, 0.5) is 0 Å². The van der Waals surface area contributed by atoms with Gasteiger partial charge in [0, 0.05) is 25.4 Å². The maximum Gasteiger partial charge on any atom is 0.137 e. The molecule has 0 spiro atoms. The first kappa shape index (κ1) is 18.8. The summed E-state index contributed by atoms with van der Waals surface area (Å²) in [4.78, 5) is 15.1. The molecule has 0 amide bonds. The summed E-state index contributed by atoms with van der Waals surface area (Å²) in [7, 11) is 0. The standard InChI is InChI=1S/C23H30N2O/c24-15-14-20-8-10-21(11-9-20)17-25-16-4-7-22(18-25)23(26)13-12-19-5-2-1-3-6-19/h1-3,5-6,8-11,22H,4,7,12-18,24H2. The maximum absolute atomic E-state index is 12.6. The first-order valence-corrected chi connectivity index (χ1v) is 9.81. The van der Waals surface area contributed by atoms with E-state index in [-0.39, 0.29) is 5.92 Å². The summed E-state index contributed by atoms with van der Waals surface area (Å²) in [5.74, 6) is 0.626. The van der Waals surface area contributed by atoms with E-state index in [1.165, 1.54) is 16.7 Å². The van der Waals surface area contributed by atoms with Gasteiger partial charge in [-0.3, -0.25) is 9.69 Å². The number of nitrogens with zero attached hydrogens (tertiary/aromatic N) is 1. The quantitative estimate of drug-likeness (QED) is 0.791. The molecule has 3 heteroatoms. The van der Waals surface area contributed by atoms with Crippen molar-refractivity contribution in [2.24, 2.45) is 11.7 Å². The smallest absolute Gasteiger partial charge is 0.137 e. The van der Waals surface area contributed by atoms with Gasteiger partial charge in [-0.15, -0.1) is 0 Å². The fourth-order valence-corrected chi connectivity index (χ4v) is 3.81. The zero-order valence-corrected chi connectivity index (χ0v) is 15.6. The Balaban J connectivity index is 1.49. The number of rotatable bonds is 8. The van der Waals surface area contributed by atoms with Gasteiger partial charge in [-0.1, -0.05) is 54.6 Å². The molecular formula is C23H30N2O. The number of carbonyl (C=O) groups is 1. The predicted molar refractivity (Wildman–Crippen MR) is 107 cm³/mol. The Morgan fingerprint density at radius 2 is 1.65 bits per heavy atom. The molecule has 3 nitrogen and oxygen atoms in total. The van der Waals surface area contributed by atoms with Crippen LogP contribution in [0.3, 0.4) is 0 Å². The van der Waals surface area contributed by atoms with Gasteiger partial charge >= 0.3 is 0 Å².